The van der Waals surface area contributed by atoms with E-state index in [2.05, 4.69) is 15.6 Å². The quantitative estimate of drug-likeness (QED) is 0.378. The molecule has 0 saturated carbocycles. The van der Waals surface area contributed by atoms with Gasteiger partial charge < -0.3 is 10.6 Å². The van der Waals surface area contributed by atoms with E-state index in [4.69, 9.17) is 0 Å². The molecule has 2 N–H and O–H groups in total. The van der Waals surface area contributed by atoms with Gasteiger partial charge in [0.25, 0.3) is 17.7 Å². The highest BCUT2D eigenvalue weighted by atomic mass is 16.2. The van der Waals surface area contributed by atoms with Crippen LogP contribution in [0.4, 0.5) is 11.4 Å². The zero-order chi connectivity index (χ0) is 25.8. The first-order chi connectivity index (χ1) is 18.0. The van der Waals surface area contributed by atoms with Gasteiger partial charge in [0, 0.05) is 30.2 Å². The molecule has 3 aromatic carbocycles. The molecule has 1 atom stereocenters. The Labute approximate surface area is 213 Å². The molecule has 182 valence electrons. The standard InChI is InChI=1S/C29H22N4O4/c34-26(20-9-6-16-30-18-20)31-21-12-14-22(15-13-21)32-27(35)25(17-19-7-2-1-3-8-19)33-28(36)23-10-4-5-11-24(23)29(33)37/h1-16,18,25H,17H2,(H,31,34)(H,32,35). The Hall–Kier alpha value is -5.11. The number of imide groups is 1. The van der Waals surface area contributed by atoms with Gasteiger partial charge in [-0.15, -0.1) is 0 Å². The topological polar surface area (TPSA) is 108 Å². The molecule has 4 amide bonds. The summed E-state index contributed by atoms with van der Waals surface area (Å²) in [5, 5.41) is 5.58. The second-order valence-corrected chi connectivity index (χ2v) is 8.49. The smallest absolute Gasteiger partial charge is 0.262 e. The van der Waals surface area contributed by atoms with Crippen LogP contribution in [-0.2, 0) is 11.2 Å². The molecule has 1 aliphatic heterocycles. The Kier molecular flexibility index (Phi) is 6.54. The van der Waals surface area contributed by atoms with Crippen molar-refractivity contribution < 1.29 is 19.2 Å². The summed E-state index contributed by atoms with van der Waals surface area (Å²) in [5.41, 5.74) is 2.79. The van der Waals surface area contributed by atoms with Crippen LogP contribution in [0.15, 0.2) is 103 Å². The van der Waals surface area contributed by atoms with Gasteiger partial charge in [0.1, 0.15) is 6.04 Å². The van der Waals surface area contributed by atoms with Crippen LogP contribution in [-0.4, -0.2) is 39.6 Å². The summed E-state index contributed by atoms with van der Waals surface area (Å²) >= 11 is 0. The van der Waals surface area contributed by atoms with Crippen molar-refractivity contribution in [3.8, 4) is 0 Å². The van der Waals surface area contributed by atoms with E-state index in [-0.39, 0.29) is 23.5 Å². The number of carbonyl (C=O) groups excluding carboxylic acids is 4. The number of amides is 4. The Morgan fingerprint density at radius 1 is 0.730 bits per heavy atom. The first kappa shape index (κ1) is 23.6. The average Bonchev–Trinajstić information content (AvgIpc) is 3.19. The number of anilines is 2. The highest BCUT2D eigenvalue weighted by Crippen LogP contribution is 2.27. The minimum absolute atomic E-state index is 0.164. The van der Waals surface area contributed by atoms with Crippen molar-refractivity contribution in [3.63, 3.8) is 0 Å². The van der Waals surface area contributed by atoms with Crippen molar-refractivity contribution in [2.24, 2.45) is 0 Å². The minimum Gasteiger partial charge on any atom is -0.324 e. The van der Waals surface area contributed by atoms with E-state index in [9.17, 15) is 19.2 Å². The van der Waals surface area contributed by atoms with Gasteiger partial charge in [-0.3, -0.25) is 29.1 Å². The van der Waals surface area contributed by atoms with Crippen LogP contribution >= 0.6 is 0 Å². The number of pyridine rings is 1. The molecule has 1 unspecified atom stereocenters. The number of nitrogens with one attached hydrogen (secondary N) is 2. The van der Waals surface area contributed by atoms with E-state index in [0.29, 0.717) is 16.9 Å². The molecular formula is C29H22N4O4. The summed E-state index contributed by atoms with van der Waals surface area (Å²) < 4.78 is 0. The lowest BCUT2D eigenvalue weighted by Crippen LogP contribution is -2.48. The highest BCUT2D eigenvalue weighted by Gasteiger charge is 2.42. The maximum Gasteiger partial charge on any atom is 0.262 e. The Morgan fingerprint density at radius 3 is 1.92 bits per heavy atom. The highest BCUT2D eigenvalue weighted by molar-refractivity contribution is 6.23. The van der Waals surface area contributed by atoms with Gasteiger partial charge >= 0.3 is 0 Å². The number of hydrogen-bond acceptors (Lipinski definition) is 5. The zero-order valence-electron chi connectivity index (χ0n) is 19.6. The molecule has 0 saturated heterocycles. The van der Waals surface area contributed by atoms with Gasteiger partial charge in [-0.25, -0.2) is 0 Å². The van der Waals surface area contributed by atoms with Crippen molar-refractivity contribution in [1.82, 2.24) is 9.88 Å². The maximum absolute atomic E-state index is 13.5. The van der Waals surface area contributed by atoms with Gasteiger partial charge in [-0.2, -0.15) is 0 Å². The third-order valence-electron chi connectivity index (χ3n) is 6.05. The largest absolute Gasteiger partial charge is 0.324 e. The summed E-state index contributed by atoms with van der Waals surface area (Å²) in [7, 11) is 0. The number of benzene rings is 3. The Bertz CT molecular complexity index is 1440. The second-order valence-electron chi connectivity index (χ2n) is 8.49. The number of aromatic nitrogens is 1. The first-order valence-electron chi connectivity index (χ1n) is 11.6. The van der Waals surface area contributed by atoms with Gasteiger partial charge in [0.05, 0.1) is 16.7 Å². The number of nitrogens with zero attached hydrogens (tertiary/aromatic N) is 2. The van der Waals surface area contributed by atoms with E-state index >= 15 is 0 Å². The number of carbonyl (C=O) groups is 4. The van der Waals surface area contributed by atoms with Crippen LogP contribution in [0.25, 0.3) is 0 Å². The Morgan fingerprint density at radius 2 is 1.32 bits per heavy atom. The van der Waals surface area contributed by atoms with Crippen LogP contribution < -0.4 is 10.6 Å². The van der Waals surface area contributed by atoms with Gasteiger partial charge in [-0.05, 0) is 54.1 Å². The fourth-order valence-corrected chi connectivity index (χ4v) is 4.19. The fourth-order valence-electron chi connectivity index (χ4n) is 4.19. The molecule has 0 bridgehead atoms. The molecule has 0 fully saturated rings. The third-order valence-corrected chi connectivity index (χ3v) is 6.05. The van der Waals surface area contributed by atoms with Crippen molar-refractivity contribution in [1.29, 1.82) is 0 Å². The lowest BCUT2D eigenvalue weighted by molar-refractivity contribution is -0.119. The Balaban J connectivity index is 1.35. The number of fused-ring (bicyclic) bond motifs is 1. The molecule has 8 heteroatoms. The normalized spacial score (nSPS) is 13.1. The summed E-state index contributed by atoms with van der Waals surface area (Å²) in [6.07, 6.45) is 3.22. The maximum atomic E-state index is 13.5. The van der Waals surface area contributed by atoms with Crippen LogP contribution in [0, 0.1) is 0 Å². The lowest BCUT2D eigenvalue weighted by Gasteiger charge is -2.25. The van der Waals surface area contributed by atoms with Crippen molar-refractivity contribution in [3.05, 3.63) is 126 Å². The zero-order valence-corrected chi connectivity index (χ0v) is 19.6. The molecule has 8 nitrogen and oxygen atoms in total. The summed E-state index contributed by atoms with van der Waals surface area (Å²) in [4.78, 5) is 57.1. The van der Waals surface area contributed by atoms with Crippen LogP contribution in [0.1, 0.15) is 36.6 Å². The van der Waals surface area contributed by atoms with Crippen LogP contribution in [0.5, 0.6) is 0 Å². The fraction of sp³-hybridized carbons (Fsp3) is 0.0690. The predicted octanol–water partition coefficient (Wildman–Crippen LogP) is 4.18. The third kappa shape index (κ3) is 4.99. The van der Waals surface area contributed by atoms with Gasteiger partial charge in [0.2, 0.25) is 5.91 Å². The molecule has 1 aliphatic rings. The monoisotopic (exact) mass is 490 g/mol. The molecule has 37 heavy (non-hydrogen) atoms. The van der Waals surface area contributed by atoms with Crippen molar-refractivity contribution >= 4 is 35.0 Å². The average molecular weight is 491 g/mol. The molecule has 0 aliphatic carbocycles. The summed E-state index contributed by atoms with van der Waals surface area (Å²) in [5.74, 6) is -1.79. The summed E-state index contributed by atoms with van der Waals surface area (Å²) in [6.45, 7) is 0. The molecule has 0 radical (unpaired) electrons. The second kappa shape index (κ2) is 10.2. The molecule has 1 aromatic heterocycles. The predicted molar refractivity (Wildman–Crippen MR) is 138 cm³/mol. The van der Waals surface area contributed by atoms with Gasteiger partial charge in [-0.1, -0.05) is 42.5 Å². The molecule has 0 spiro atoms. The number of rotatable bonds is 7. The number of hydrogen-bond donors (Lipinski definition) is 2. The van der Waals surface area contributed by atoms with E-state index < -0.39 is 23.8 Å². The molecule has 2 heterocycles. The van der Waals surface area contributed by atoms with E-state index in [1.807, 2.05) is 30.3 Å². The van der Waals surface area contributed by atoms with E-state index in [0.717, 1.165) is 10.5 Å². The van der Waals surface area contributed by atoms with Gasteiger partial charge in [0.15, 0.2) is 0 Å². The lowest BCUT2D eigenvalue weighted by atomic mass is 10.0. The van der Waals surface area contributed by atoms with Crippen molar-refractivity contribution in [2.45, 2.75) is 12.5 Å². The van der Waals surface area contributed by atoms with E-state index in [1.165, 1.54) is 6.20 Å². The first-order valence-corrected chi connectivity index (χ1v) is 11.6. The molecule has 4 aromatic rings. The van der Waals surface area contributed by atoms with E-state index in [1.54, 1.807) is 66.9 Å². The minimum atomic E-state index is -1.06. The van der Waals surface area contributed by atoms with Crippen LogP contribution in [0.3, 0.4) is 0 Å². The molecule has 5 rings (SSSR count). The van der Waals surface area contributed by atoms with Crippen molar-refractivity contribution in [2.75, 3.05) is 10.6 Å². The molecular weight excluding hydrogens is 468 g/mol. The summed E-state index contributed by atoms with van der Waals surface area (Å²) in [6, 6.07) is 24.6. The van der Waals surface area contributed by atoms with Crippen LogP contribution in [0.2, 0.25) is 0 Å². The SMILES string of the molecule is O=C(Nc1ccc(NC(=O)C(Cc2ccccc2)N2C(=O)c3ccccc3C2=O)cc1)c1cccnc1.